The minimum atomic E-state index is -0.288. The SMILES string of the molecule is O=C(NC1CCCc2ccccc21)N1CCCC(c2cc(-c3ccc(F)cc3)nn2-c2ncccn2)C1. The second-order valence-corrected chi connectivity index (χ2v) is 9.80. The molecule has 188 valence electrons. The van der Waals surface area contributed by atoms with Crippen molar-refractivity contribution in [3.63, 3.8) is 0 Å². The number of piperidine rings is 1. The summed E-state index contributed by atoms with van der Waals surface area (Å²) in [6, 6.07) is 18.5. The number of fused-ring (bicyclic) bond motifs is 1. The number of nitrogens with zero attached hydrogens (tertiary/aromatic N) is 5. The number of aromatic nitrogens is 4. The van der Waals surface area contributed by atoms with Crippen molar-refractivity contribution in [1.82, 2.24) is 30.0 Å². The van der Waals surface area contributed by atoms with E-state index in [0.29, 0.717) is 12.5 Å². The fourth-order valence-electron chi connectivity index (χ4n) is 5.56. The Hall–Kier alpha value is -4.07. The van der Waals surface area contributed by atoms with Crippen molar-refractivity contribution >= 4 is 6.03 Å². The summed E-state index contributed by atoms with van der Waals surface area (Å²) in [6.07, 6.45) is 8.30. The van der Waals surface area contributed by atoms with Gasteiger partial charge in [0.2, 0.25) is 0 Å². The molecule has 2 amide bonds. The number of nitrogens with one attached hydrogen (secondary N) is 1. The van der Waals surface area contributed by atoms with E-state index in [1.807, 2.05) is 17.0 Å². The molecule has 8 heteroatoms. The van der Waals surface area contributed by atoms with Crippen LogP contribution in [0, 0.1) is 5.82 Å². The molecule has 1 aliphatic carbocycles. The quantitative estimate of drug-likeness (QED) is 0.409. The van der Waals surface area contributed by atoms with Gasteiger partial charge in [-0.2, -0.15) is 5.10 Å². The number of likely N-dealkylation sites (tertiary alicyclic amines) is 1. The Labute approximate surface area is 215 Å². The van der Waals surface area contributed by atoms with Gasteiger partial charge >= 0.3 is 6.03 Å². The van der Waals surface area contributed by atoms with Gasteiger partial charge in [-0.25, -0.2) is 23.8 Å². The standard InChI is InChI=1S/C29H29FN6O/c30-23-13-11-21(12-14-23)26-18-27(36(34-26)28-31-15-5-16-32-28)22-8-4-17-35(19-22)29(37)33-25-10-3-7-20-6-1-2-9-24(20)25/h1-2,5-6,9,11-16,18,22,25H,3-4,7-8,10,17,19H2,(H,33,37). The fourth-order valence-corrected chi connectivity index (χ4v) is 5.56. The predicted octanol–water partition coefficient (Wildman–Crippen LogP) is 5.44. The number of hydrogen-bond acceptors (Lipinski definition) is 4. The summed E-state index contributed by atoms with van der Waals surface area (Å²) < 4.78 is 15.3. The third kappa shape index (κ3) is 4.83. The van der Waals surface area contributed by atoms with Gasteiger partial charge in [0, 0.05) is 37.0 Å². The Morgan fingerprint density at radius 3 is 2.62 bits per heavy atom. The molecule has 0 radical (unpaired) electrons. The molecule has 0 bridgehead atoms. The first-order valence-electron chi connectivity index (χ1n) is 12.9. The van der Waals surface area contributed by atoms with Crippen LogP contribution < -0.4 is 5.32 Å². The number of rotatable bonds is 4. The second kappa shape index (κ2) is 10.1. The van der Waals surface area contributed by atoms with Crippen LogP contribution in [0.4, 0.5) is 9.18 Å². The van der Waals surface area contributed by atoms with E-state index in [2.05, 4.69) is 33.5 Å². The average Bonchev–Trinajstić information content (AvgIpc) is 3.40. The molecule has 7 nitrogen and oxygen atoms in total. The first-order chi connectivity index (χ1) is 18.2. The van der Waals surface area contributed by atoms with Crippen molar-refractivity contribution in [3.8, 4) is 17.2 Å². The van der Waals surface area contributed by atoms with E-state index < -0.39 is 0 Å². The van der Waals surface area contributed by atoms with Crippen LogP contribution in [0.2, 0.25) is 0 Å². The molecule has 37 heavy (non-hydrogen) atoms. The van der Waals surface area contributed by atoms with Crippen LogP contribution in [0.3, 0.4) is 0 Å². The van der Waals surface area contributed by atoms with Crippen molar-refractivity contribution in [3.05, 3.63) is 95.7 Å². The number of amides is 2. The van der Waals surface area contributed by atoms with E-state index in [9.17, 15) is 9.18 Å². The minimum absolute atomic E-state index is 0.0211. The van der Waals surface area contributed by atoms with E-state index >= 15 is 0 Å². The smallest absolute Gasteiger partial charge is 0.317 e. The maximum absolute atomic E-state index is 13.5. The first-order valence-corrected chi connectivity index (χ1v) is 12.9. The number of carbonyl (C=O) groups excluding carboxylic acids is 1. The summed E-state index contributed by atoms with van der Waals surface area (Å²) in [6.45, 7) is 1.30. The predicted molar refractivity (Wildman–Crippen MR) is 139 cm³/mol. The van der Waals surface area contributed by atoms with E-state index in [1.54, 1.807) is 35.3 Å². The van der Waals surface area contributed by atoms with Gasteiger partial charge in [0.1, 0.15) is 5.82 Å². The Morgan fingerprint density at radius 2 is 1.78 bits per heavy atom. The highest BCUT2D eigenvalue weighted by Gasteiger charge is 2.30. The van der Waals surface area contributed by atoms with E-state index in [1.165, 1.54) is 23.3 Å². The lowest BCUT2D eigenvalue weighted by molar-refractivity contribution is 0.173. The Bertz CT molecular complexity index is 1390. The zero-order chi connectivity index (χ0) is 25.2. The minimum Gasteiger partial charge on any atom is -0.331 e. The number of benzene rings is 2. The lowest BCUT2D eigenvalue weighted by atomic mass is 9.88. The molecule has 0 spiro atoms. The van der Waals surface area contributed by atoms with Crippen molar-refractivity contribution in [2.45, 2.75) is 44.1 Å². The zero-order valence-corrected chi connectivity index (χ0v) is 20.6. The van der Waals surface area contributed by atoms with Crippen LogP contribution in [0.1, 0.15) is 54.5 Å². The van der Waals surface area contributed by atoms with Gasteiger partial charge in [-0.3, -0.25) is 0 Å². The van der Waals surface area contributed by atoms with Crippen LogP contribution >= 0.6 is 0 Å². The summed E-state index contributed by atoms with van der Waals surface area (Å²) in [5, 5.41) is 8.10. The zero-order valence-electron chi connectivity index (χ0n) is 20.6. The lowest BCUT2D eigenvalue weighted by Gasteiger charge is -2.35. The number of hydrogen-bond donors (Lipinski definition) is 1. The van der Waals surface area contributed by atoms with Gasteiger partial charge in [-0.15, -0.1) is 0 Å². The summed E-state index contributed by atoms with van der Waals surface area (Å²) in [4.78, 5) is 24.2. The molecular formula is C29H29FN6O. The van der Waals surface area contributed by atoms with Crippen LogP contribution in [-0.2, 0) is 6.42 Å². The monoisotopic (exact) mass is 496 g/mol. The van der Waals surface area contributed by atoms with E-state index in [4.69, 9.17) is 5.10 Å². The highest BCUT2D eigenvalue weighted by Crippen LogP contribution is 2.33. The number of urea groups is 1. The molecule has 1 fully saturated rings. The molecule has 2 aromatic carbocycles. The highest BCUT2D eigenvalue weighted by molar-refractivity contribution is 5.75. The van der Waals surface area contributed by atoms with Crippen LogP contribution in [0.15, 0.2) is 73.1 Å². The molecule has 2 unspecified atom stereocenters. The molecule has 1 N–H and O–H groups in total. The molecule has 2 aliphatic rings. The Balaban J connectivity index is 1.26. The van der Waals surface area contributed by atoms with Crippen LogP contribution in [0.25, 0.3) is 17.2 Å². The molecule has 2 atom stereocenters. The number of carbonyl (C=O) groups is 1. The first kappa shape index (κ1) is 23.3. The molecule has 0 saturated carbocycles. The lowest BCUT2D eigenvalue weighted by Crippen LogP contribution is -2.46. The van der Waals surface area contributed by atoms with E-state index in [0.717, 1.165) is 55.6 Å². The molecule has 6 rings (SSSR count). The van der Waals surface area contributed by atoms with Crippen molar-refractivity contribution < 1.29 is 9.18 Å². The molecule has 1 saturated heterocycles. The normalized spacial score (nSPS) is 19.3. The van der Waals surface area contributed by atoms with Gasteiger partial charge in [0.15, 0.2) is 0 Å². The largest absolute Gasteiger partial charge is 0.331 e. The van der Waals surface area contributed by atoms with Gasteiger partial charge in [0.05, 0.1) is 17.4 Å². The average molecular weight is 497 g/mol. The van der Waals surface area contributed by atoms with Gasteiger partial charge in [0.25, 0.3) is 5.95 Å². The molecule has 2 aromatic heterocycles. The maximum atomic E-state index is 13.5. The molecule has 3 heterocycles. The highest BCUT2D eigenvalue weighted by atomic mass is 19.1. The number of aryl methyl sites for hydroxylation is 1. The third-order valence-corrected chi connectivity index (χ3v) is 7.41. The number of halogens is 1. The third-order valence-electron chi connectivity index (χ3n) is 7.41. The summed E-state index contributed by atoms with van der Waals surface area (Å²) in [5.41, 5.74) is 5.06. The van der Waals surface area contributed by atoms with Gasteiger partial charge in [-0.05, 0) is 79.6 Å². The summed E-state index contributed by atoms with van der Waals surface area (Å²) in [5.74, 6) is 0.263. The van der Waals surface area contributed by atoms with E-state index in [-0.39, 0.29) is 23.8 Å². The molecule has 1 aliphatic heterocycles. The molecular weight excluding hydrogens is 467 g/mol. The van der Waals surface area contributed by atoms with Crippen LogP contribution in [0.5, 0.6) is 0 Å². The Kier molecular flexibility index (Phi) is 6.39. The molecule has 4 aromatic rings. The summed E-state index contributed by atoms with van der Waals surface area (Å²) in [7, 11) is 0. The van der Waals surface area contributed by atoms with Crippen molar-refractivity contribution in [2.75, 3.05) is 13.1 Å². The van der Waals surface area contributed by atoms with Gasteiger partial charge < -0.3 is 10.2 Å². The Morgan fingerprint density at radius 1 is 0.973 bits per heavy atom. The second-order valence-electron chi connectivity index (χ2n) is 9.80. The maximum Gasteiger partial charge on any atom is 0.317 e. The van der Waals surface area contributed by atoms with Crippen molar-refractivity contribution in [1.29, 1.82) is 0 Å². The van der Waals surface area contributed by atoms with Crippen LogP contribution in [-0.4, -0.2) is 43.8 Å². The van der Waals surface area contributed by atoms with Crippen molar-refractivity contribution in [2.24, 2.45) is 0 Å². The van der Waals surface area contributed by atoms with Gasteiger partial charge in [-0.1, -0.05) is 24.3 Å². The topological polar surface area (TPSA) is 75.9 Å². The summed E-state index contributed by atoms with van der Waals surface area (Å²) >= 11 is 0. The fraction of sp³-hybridized carbons (Fsp3) is 0.310.